The minimum atomic E-state index is -0.207. The fraction of sp³-hybridized carbons (Fsp3) is 0.182. The monoisotopic (exact) mass is 391 g/mol. The first kappa shape index (κ1) is 19.5. The van der Waals surface area contributed by atoms with Gasteiger partial charge in [0.15, 0.2) is 0 Å². The Kier molecular flexibility index (Phi) is 6.66. The average molecular weight is 391 g/mol. The molecule has 1 aromatic heterocycles. The van der Waals surface area contributed by atoms with Crippen molar-refractivity contribution in [2.75, 3.05) is 5.32 Å². The van der Waals surface area contributed by atoms with Crippen molar-refractivity contribution in [1.29, 1.82) is 0 Å². The quantitative estimate of drug-likeness (QED) is 0.611. The van der Waals surface area contributed by atoms with Crippen molar-refractivity contribution < 1.29 is 9.53 Å². The molecule has 6 heteroatoms. The summed E-state index contributed by atoms with van der Waals surface area (Å²) in [4.78, 5) is 16.0. The molecule has 0 fully saturated rings. The van der Waals surface area contributed by atoms with Gasteiger partial charge in [0.25, 0.3) is 5.19 Å². The Morgan fingerprint density at radius 3 is 2.64 bits per heavy atom. The van der Waals surface area contributed by atoms with E-state index in [-0.39, 0.29) is 11.9 Å². The van der Waals surface area contributed by atoms with Gasteiger partial charge in [-0.2, -0.15) is 0 Å². The maximum absolute atomic E-state index is 11.0. The third-order valence-corrected chi connectivity index (χ3v) is 4.51. The number of rotatable bonds is 6. The topological polar surface area (TPSA) is 63.2 Å². The second kappa shape index (κ2) is 9.58. The molecule has 3 aromatic rings. The maximum Gasteiger partial charge on any atom is 0.279 e. The molecule has 2 aromatic carbocycles. The number of nitrogens with one attached hydrogen (secondary N) is 2. The van der Waals surface area contributed by atoms with E-state index < -0.39 is 0 Å². The Labute approximate surface area is 168 Å². The first-order valence-electron chi connectivity index (χ1n) is 8.88. The van der Waals surface area contributed by atoms with Gasteiger partial charge in [-0.05, 0) is 36.8 Å². The molecule has 0 saturated heterocycles. The maximum atomic E-state index is 11.0. The van der Waals surface area contributed by atoms with Crippen LogP contribution < -0.4 is 15.4 Å². The number of para-hydroxylation sites is 1. The van der Waals surface area contributed by atoms with E-state index in [1.165, 1.54) is 18.3 Å². The molecular weight excluding hydrogens is 370 g/mol. The van der Waals surface area contributed by atoms with Gasteiger partial charge < -0.3 is 15.4 Å². The van der Waals surface area contributed by atoms with Crippen LogP contribution in [0.2, 0.25) is 0 Å². The van der Waals surface area contributed by atoms with E-state index in [0.717, 1.165) is 28.4 Å². The first-order valence-corrected chi connectivity index (χ1v) is 9.70. The number of benzene rings is 2. The van der Waals surface area contributed by atoms with Crippen molar-refractivity contribution in [1.82, 2.24) is 10.3 Å². The number of amides is 1. The Hall–Kier alpha value is -3.30. The van der Waals surface area contributed by atoms with Crippen LogP contribution in [0.15, 0.2) is 60.8 Å². The van der Waals surface area contributed by atoms with Gasteiger partial charge in [-0.1, -0.05) is 53.5 Å². The summed E-state index contributed by atoms with van der Waals surface area (Å²) in [5.74, 6) is 6.60. The third kappa shape index (κ3) is 6.15. The van der Waals surface area contributed by atoms with Crippen LogP contribution in [0.3, 0.4) is 0 Å². The number of thiazole rings is 1. The molecule has 2 N–H and O–H groups in total. The molecule has 1 heterocycles. The number of aromatic nitrogens is 1. The van der Waals surface area contributed by atoms with E-state index in [4.69, 9.17) is 4.74 Å². The van der Waals surface area contributed by atoms with Gasteiger partial charge in [0.05, 0.1) is 12.2 Å². The summed E-state index contributed by atoms with van der Waals surface area (Å²) in [7, 11) is 0. The lowest BCUT2D eigenvalue weighted by Gasteiger charge is -2.07. The molecule has 1 atom stereocenters. The van der Waals surface area contributed by atoms with E-state index >= 15 is 0 Å². The highest BCUT2D eigenvalue weighted by molar-refractivity contribution is 7.13. The van der Waals surface area contributed by atoms with Crippen molar-refractivity contribution in [3.8, 4) is 22.8 Å². The van der Waals surface area contributed by atoms with Crippen molar-refractivity contribution >= 4 is 22.9 Å². The lowest BCUT2D eigenvalue weighted by atomic mass is 10.2. The number of carbonyl (C=O) groups is 1. The number of anilines is 1. The highest BCUT2D eigenvalue weighted by Gasteiger charge is 2.04. The fourth-order valence-electron chi connectivity index (χ4n) is 2.42. The summed E-state index contributed by atoms with van der Waals surface area (Å²) in [5, 5.41) is 6.63. The molecule has 0 saturated carbocycles. The molecule has 28 heavy (non-hydrogen) atoms. The van der Waals surface area contributed by atoms with E-state index in [1.807, 2.05) is 61.5 Å². The van der Waals surface area contributed by atoms with E-state index in [9.17, 15) is 4.79 Å². The van der Waals surface area contributed by atoms with Gasteiger partial charge >= 0.3 is 0 Å². The van der Waals surface area contributed by atoms with Crippen molar-refractivity contribution in [2.24, 2.45) is 0 Å². The molecule has 0 radical (unpaired) electrons. The summed E-state index contributed by atoms with van der Waals surface area (Å²) in [6.45, 7) is 4.05. The number of hydrogen-bond donors (Lipinski definition) is 2. The molecule has 3 rings (SSSR count). The summed E-state index contributed by atoms with van der Waals surface area (Å²) in [6.07, 6.45) is 1.67. The van der Waals surface area contributed by atoms with Crippen LogP contribution in [0.4, 0.5) is 5.69 Å². The molecule has 0 aliphatic carbocycles. The van der Waals surface area contributed by atoms with Crippen molar-refractivity contribution in [2.45, 2.75) is 26.4 Å². The largest absolute Gasteiger partial charge is 0.431 e. The van der Waals surface area contributed by atoms with Crippen molar-refractivity contribution in [3.05, 3.63) is 71.2 Å². The Morgan fingerprint density at radius 1 is 1.18 bits per heavy atom. The predicted molar refractivity (Wildman–Crippen MR) is 113 cm³/mol. The molecular formula is C22H21N3O2S. The van der Waals surface area contributed by atoms with Crippen LogP contribution in [0.1, 0.15) is 24.3 Å². The summed E-state index contributed by atoms with van der Waals surface area (Å²) in [6, 6.07) is 17.8. The standard InChI is InChI=1S/C22H21N3O2S/c1-16(25-17(2)26)8-13-21-15-24-22(28-21)27-20-11-9-18(10-12-20)14-23-19-6-4-3-5-7-19/h3-7,9-12,15-16,23H,14H2,1-2H3,(H,25,26). The zero-order chi connectivity index (χ0) is 19.8. The zero-order valence-corrected chi connectivity index (χ0v) is 16.5. The zero-order valence-electron chi connectivity index (χ0n) is 15.7. The van der Waals surface area contributed by atoms with Crippen LogP contribution in [-0.4, -0.2) is 16.9 Å². The van der Waals surface area contributed by atoms with E-state index in [0.29, 0.717) is 5.19 Å². The number of ether oxygens (including phenoxy) is 1. The Balaban J connectivity index is 1.54. The third-order valence-electron chi connectivity index (χ3n) is 3.72. The summed E-state index contributed by atoms with van der Waals surface area (Å²) < 4.78 is 5.80. The molecule has 1 amide bonds. The SMILES string of the molecule is CC(=O)NC(C)C#Cc1cnc(Oc2ccc(CNc3ccccc3)cc2)s1. The fourth-order valence-corrected chi connectivity index (χ4v) is 3.07. The van der Waals surface area contributed by atoms with Crippen LogP contribution in [0.5, 0.6) is 10.9 Å². The van der Waals surface area contributed by atoms with Gasteiger partial charge in [-0.3, -0.25) is 4.79 Å². The molecule has 0 spiro atoms. The van der Waals surface area contributed by atoms with Gasteiger partial charge in [-0.25, -0.2) is 4.98 Å². The lowest BCUT2D eigenvalue weighted by Crippen LogP contribution is -2.28. The molecule has 0 aliphatic rings. The number of nitrogens with zero attached hydrogens (tertiary/aromatic N) is 1. The smallest absolute Gasteiger partial charge is 0.279 e. The highest BCUT2D eigenvalue weighted by Crippen LogP contribution is 2.26. The lowest BCUT2D eigenvalue weighted by molar-refractivity contribution is -0.119. The minimum Gasteiger partial charge on any atom is -0.431 e. The molecule has 1 unspecified atom stereocenters. The minimum absolute atomic E-state index is 0.0995. The van der Waals surface area contributed by atoms with Crippen molar-refractivity contribution in [3.63, 3.8) is 0 Å². The Morgan fingerprint density at radius 2 is 1.93 bits per heavy atom. The Bertz CT molecular complexity index is 972. The number of carbonyl (C=O) groups excluding carboxylic acids is 1. The second-order valence-corrected chi connectivity index (χ2v) is 7.14. The van der Waals surface area contributed by atoms with E-state index in [2.05, 4.69) is 27.5 Å². The van der Waals surface area contributed by atoms with Crippen LogP contribution in [0, 0.1) is 11.8 Å². The van der Waals surface area contributed by atoms with E-state index in [1.54, 1.807) is 6.20 Å². The van der Waals surface area contributed by atoms with Crippen LogP contribution >= 0.6 is 11.3 Å². The average Bonchev–Trinajstić information content (AvgIpc) is 3.13. The van der Waals surface area contributed by atoms with Gasteiger partial charge in [0.2, 0.25) is 5.91 Å². The highest BCUT2D eigenvalue weighted by atomic mass is 32.1. The van der Waals surface area contributed by atoms with Gasteiger partial charge in [0.1, 0.15) is 10.6 Å². The van der Waals surface area contributed by atoms with Gasteiger partial charge in [0, 0.05) is 19.2 Å². The summed E-state index contributed by atoms with van der Waals surface area (Å²) >= 11 is 1.37. The summed E-state index contributed by atoms with van der Waals surface area (Å²) in [5.41, 5.74) is 2.25. The normalized spacial score (nSPS) is 11.1. The molecule has 142 valence electrons. The van der Waals surface area contributed by atoms with Crippen LogP contribution in [0.25, 0.3) is 0 Å². The molecule has 0 aliphatic heterocycles. The molecule has 5 nitrogen and oxygen atoms in total. The van der Waals surface area contributed by atoms with Gasteiger partial charge in [-0.15, -0.1) is 0 Å². The molecule has 0 bridgehead atoms. The second-order valence-electron chi connectivity index (χ2n) is 6.15. The first-order chi connectivity index (χ1) is 13.6. The predicted octanol–water partition coefficient (Wildman–Crippen LogP) is 4.42. The number of hydrogen-bond acceptors (Lipinski definition) is 5. The van der Waals surface area contributed by atoms with Crippen LogP contribution in [-0.2, 0) is 11.3 Å².